The van der Waals surface area contributed by atoms with E-state index in [4.69, 9.17) is 20.3 Å². The molecule has 0 saturated heterocycles. The molecule has 1 aliphatic rings. The van der Waals surface area contributed by atoms with Gasteiger partial charge in [0.1, 0.15) is 11.9 Å². The number of hydrogen-bond acceptors (Lipinski definition) is 7. The number of rotatable bonds is 8. The van der Waals surface area contributed by atoms with Crippen molar-refractivity contribution >= 4 is 24.7 Å². The minimum atomic E-state index is -4.16. The van der Waals surface area contributed by atoms with E-state index in [1.165, 1.54) is 12.8 Å². The van der Waals surface area contributed by atoms with Gasteiger partial charge in [-0.05, 0) is 19.8 Å². The summed E-state index contributed by atoms with van der Waals surface area (Å²) >= 11 is 0. The molecule has 3 rings (SSSR count). The van der Waals surface area contributed by atoms with Crippen molar-refractivity contribution in [2.45, 2.75) is 38.4 Å². The van der Waals surface area contributed by atoms with E-state index in [2.05, 4.69) is 20.3 Å². The van der Waals surface area contributed by atoms with Gasteiger partial charge in [0, 0.05) is 18.6 Å². The summed E-state index contributed by atoms with van der Waals surface area (Å²) in [6.07, 6.45) is 3.33. The van der Waals surface area contributed by atoms with E-state index in [9.17, 15) is 4.57 Å². The van der Waals surface area contributed by atoms with Crippen molar-refractivity contribution in [3.05, 3.63) is 12.0 Å². The number of anilines is 1. The molecular formula is C13H21N6O4P. The van der Waals surface area contributed by atoms with Gasteiger partial charge in [-0.2, -0.15) is 4.98 Å². The highest BCUT2D eigenvalue weighted by atomic mass is 31.2. The molecule has 0 bridgehead atoms. The predicted molar refractivity (Wildman–Crippen MR) is 87.2 cm³/mol. The van der Waals surface area contributed by atoms with E-state index >= 15 is 0 Å². The molecule has 2 heterocycles. The first-order valence-corrected chi connectivity index (χ1v) is 9.50. The number of ether oxygens (including phenoxy) is 1. The van der Waals surface area contributed by atoms with Gasteiger partial charge in [0.15, 0.2) is 5.65 Å². The van der Waals surface area contributed by atoms with Crippen LogP contribution in [0.15, 0.2) is 6.33 Å². The molecule has 0 aliphatic heterocycles. The monoisotopic (exact) mass is 356 g/mol. The van der Waals surface area contributed by atoms with E-state index in [0.717, 1.165) is 5.69 Å². The fraction of sp³-hybridized carbons (Fsp3) is 0.615. The summed E-state index contributed by atoms with van der Waals surface area (Å²) in [5, 5.41) is 3.46. The molecule has 11 heteroatoms. The first kappa shape index (κ1) is 17.2. The number of nitrogen functional groups attached to an aromatic ring is 1. The lowest BCUT2D eigenvalue weighted by molar-refractivity contribution is 0.149. The molecule has 0 aromatic carbocycles. The third-order valence-electron chi connectivity index (χ3n) is 3.72. The van der Waals surface area contributed by atoms with Crippen molar-refractivity contribution in [3.63, 3.8) is 0 Å². The quantitative estimate of drug-likeness (QED) is 0.389. The molecular weight excluding hydrogens is 335 g/mol. The Kier molecular flexibility index (Phi) is 4.84. The van der Waals surface area contributed by atoms with Gasteiger partial charge < -0.3 is 30.1 Å². The van der Waals surface area contributed by atoms with Gasteiger partial charge in [-0.15, -0.1) is 0 Å². The Bertz CT molecular complexity index is 771. The zero-order chi connectivity index (χ0) is 17.3. The molecule has 24 heavy (non-hydrogen) atoms. The minimum absolute atomic E-state index is 0.0135. The topological polar surface area (TPSA) is 148 Å². The fourth-order valence-electron chi connectivity index (χ4n) is 2.48. The van der Waals surface area contributed by atoms with E-state index in [-0.39, 0.29) is 18.6 Å². The number of hydrogen-bond donors (Lipinski definition) is 4. The molecule has 2 aromatic heterocycles. The van der Waals surface area contributed by atoms with Gasteiger partial charge in [0.2, 0.25) is 5.95 Å². The van der Waals surface area contributed by atoms with Crippen LogP contribution in [0.25, 0.3) is 11.2 Å². The van der Waals surface area contributed by atoms with E-state index in [1.807, 2.05) is 6.92 Å². The number of aromatic nitrogens is 4. The smallest absolute Gasteiger partial charge is 0.350 e. The Morgan fingerprint density at radius 3 is 2.92 bits per heavy atom. The van der Waals surface area contributed by atoms with Crippen LogP contribution in [-0.4, -0.2) is 48.3 Å². The Morgan fingerprint density at radius 1 is 1.50 bits per heavy atom. The van der Waals surface area contributed by atoms with Crippen molar-refractivity contribution in [2.24, 2.45) is 0 Å². The standard InChI is InChI=1S/C13H21N6O4P/c1-8(16-9-2-3-9)10-11-12(18-13(14)17-10)19(6-15-11)4-5-23-7-24(20,21)22/h6,8-9,16H,2-5,7H2,1H3,(H2,14,17,18)(H2,20,21,22). The van der Waals surface area contributed by atoms with Crippen LogP contribution in [0.4, 0.5) is 5.95 Å². The Morgan fingerprint density at radius 2 is 2.25 bits per heavy atom. The molecule has 1 unspecified atom stereocenters. The molecule has 0 spiro atoms. The summed E-state index contributed by atoms with van der Waals surface area (Å²) in [6.45, 7) is 2.50. The van der Waals surface area contributed by atoms with Crippen molar-refractivity contribution in [1.29, 1.82) is 0 Å². The third-order valence-corrected chi connectivity index (χ3v) is 4.24. The van der Waals surface area contributed by atoms with Crippen molar-refractivity contribution < 1.29 is 19.1 Å². The molecule has 5 N–H and O–H groups in total. The summed E-state index contributed by atoms with van der Waals surface area (Å²) in [7, 11) is -4.16. The zero-order valence-corrected chi connectivity index (χ0v) is 14.2. The Labute approximate surface area is 138 Å². The number of nitrogens with one attached hydrogen (secondary N) is 1. The lowest BCUT2D eigenvalue weighted by atomic mass is 10.2. The van der Waals surface area contributed by atoms with E-state index < -0.39 is 13.9 Å². The Hall–Kier alpha value is -1.58. The van der Waals surface area contributed by atoms with Crippen LogP contribution in [0.5, 0.6) is 0 Å². The van der Waals surface area contributed by atoms with Gasteiger partial charge in [0.05, 0.1) is 18.6 Å². The van der Waals surface area contributed by atoms with Gasteiger partial charge in [-0.3, -0.25) is 4.57 Å². The van der Waals surface area contributed by atoms with Crippen LogP contribution in [0, 0.1) is 0 Å². The molecule has 0 amide bonds. The molecule has 1 aliphatic carbocycles. The molecule has 1 fully saturated rings. The molecule has 0 radical (unpaired) electrons. The average Bonchev–Trinajstić information content (AvgIpc) is 3.21. The van der Waals surface area contributed by atoms with Gasteiger partial charge >= 0.3 is 7.60 Å². The molecule has 1 atom stereocenters. The highest BCUT2D eigenvalue weighted by Gasteiger charge is 2.26. The lowest BCUT2D eigenvalue weighted by Crippen LogP contribution is -2.22. The van der Waals surface area contributed by atoms with E-state index in [0.29, 0.717) is 23.8 Å². The maximum absolute atomic E-state index is 10.8. The van der Waals surface area contributed by atoms with Crippen LogP contribution in [0.1, 0.15) is 31.5 Å². The summed E-state index contributed by atoms with van der Waals surface area (Å²) in [4.78, 5) is 30.5. The molecule has 10 nitrogen and oxygen atoms in total. The minimum Gasteiger partial charge on any atom is -0.368 e. The third kappa shape index (κ3) is 4.28. The number of nitrogens with two attached hydrogens (primary N) is 1. The molecule has 1 saturated carbocycles. The van der Waals surface area contributed by atoms with Gasteiger partial charge in [-0.1, -0.05) is 0 Å². The normalized spacial score (nSPS) is 16.6. The van der Waals surface area contributed by atoms with E-state index in [1.54, 1.807) is 10.9 Å². The SMILES string of the molecule is CC(NC1CC1)c1nc(N)nc2c1ncn2CCOCP(=O)(O)O. The highest BCUT2D eigenvalue weighted by Crippen LogP contribution is 2.33. The number of fused-ring (bicyclic) bond motifs is 1. The van der Waals surface area contributed by atoms with Crippen LogP contribution in [0.3, 0.4) is 0 Å². The van der Waals surface area contributed by atoms with Crippen molar-refractivity contribution in [3.8, 4) is 0 Å². The maximum Gasteiger partial charge on any atom is 0.350 e. The van der Waals surface area contributed by atoms with Crippen LogP contribution >= 0.6 is 7.60 Å². The van der Waals surface area contributed by atoms with Crippen LogP contribution < -0.4 is 11.1 Å². The van der Waals surface area contributed by atoms with Crippen molar-refractivity contribution in [1.82, 2.24) is 24.8 Å². The van der Waals surface area contributed by atoms with Crippen LogP contribution in [-0.2, 0) is 15.8 Å². The second kappa shape index (κ2) is 6.73. The van der Waals surface area contributed by atoms with Crippen LogP contribution in [0.2, 0.25) is 0 Å². The van der Waals surface area contributed by atoms with Gasteiger partial charge in [-0.25, -0.2) is 9.97 Å². The fourth-order valence-corrected chi connectivity index (χ4v) is 2.84. The summed E-state index contributed by atoms with van der Waals surface area (Å²) < 4.78 is 17.5. The van der Waals surface area contributed by atoms with Crippen molar-refractivity contribution in [2.75, 3.05) is 18.7 Å². The number of imidazole rings is 1. The predicted octanol–water partition coefficient (Wildman–Crippen LogP) is 0.373. The zero-order valence-electron chi connectivity index (χ0n) is 13.3. The lowest BCUT2D eigenvalue weighted by Gasteiger charge is -2.13. The second-order valence-corrected chi connectivity index (χ2v) is 7.53. The highest BCUT2D eigenvalue weighted by molar-refractivity contribution is 7.51. The summed E-state index contributed by atoms with van der Waals surface area (Å²) in [5.41, 5.74) is 7.82. The van der Waals surface area contributed by atoms with Gasteiger partial charge in [0.25, 0.3) is 0 Å². The summed E-state index contributed by atoms with van der Waals surface area (Å²) in [6, 6.07) is 0.536. The summed E-state index contributed by atoms with van der Waals surface area (Å²) in [5.74, 6) is 0.167. The molecule has 2 aromatic rings. The second-order valence-electron chi connectivity index (χ2n) is 5.94. The Balaban J connectivity index is 1.75. The average molecular weight is 356 g/mol. The number of nitrogens with zero attached hydrogens (tertiary/aromatic N) is 4. The molecule has 132 valence electrons. The first-order chi connectivity index (χ1) is 11.3. The maximum atomic E-state index is 10.8. The largest absolute Gasteiger partial charge is 0.368 e. The first-order valence-electron chi connectivity index (χ1n) is 7.70.